The quantitative estimate of drug-likeness (QED) is 0.783. The number of ether oxygens (including phenoxy) is 1. The summed E-state index contributed by atoms with van der Waals surface area (Å²) in [4.78, 5) is 4.20. The zero-order valence-corrected chi connectivity index (χ0v) is 9.16. The number of aromatic nitrogens is 1. The second-order valence-corrected chi connectivity index (χ2v) is 4.26. The van der Waals surface area contributed by atoms with E-state index in [-0.39, 0.29) is 12.0 Å². The van der Waals surface area contributed by atoms with Crippen LogP contribution in [-0.2, 0) is 12.0 Å². The third-order valence-corrected chi connectivity index (χ3v) is 2.12. The lowest BCUT2D eigenvalue weighted by Gasteiger charge is -2.21. The molecule has 78 valence electrons. The van der Waals surface area contributed by atoms with Crippen molar-refractivity contribution in [2.75, 3.05) is 7.11 Å². The van der Waals surface area contributed by atoms with Gasteiger partial charge in [0, 0.05) is 6.07 Å². The second-order valence-electron chi connectivity index (χ2n) is 4.26. The van der Waals surface area contributed by atoms with Crippen LogP contribution in [0.4, 0.5) is 0 Å². The van der Waals surface area contributed by atoms with E-state index in [0.717, 1.165) is 5.56 Å². The maximum atomic E-state index is 9.18. The number of hydrogen-bond donors (Lipinski definition) is 1. The highest BCUT2D eigenvalue weighted by atomic mass is 16.5. The van der Waals surface area contributed by atoms with Gasteiger partial charge in [-0.1, -0.05) is 26.8 Å². The fourth-order valence-electron chi connectivity index (χ4n) is 1.40. The minimum atomic E-state index is -0.0518. The largest absolute Gasteiger partial charge is 0.481 e. The molecule has 1 aromatic rings. The van der Waals surface area contributed by atoms with Crippen LogP contribution in [-0.4, -0.2) is 17.2 Å². The highest BCUT2D eigenvalue weighted by molar-refractivity contribution is 5.30. The predicted octanol–water partition coefficient (Wildman–Crippen LogP) is 1.88. The average Bonchev–Trinajstić information content (AvgIpc) is 2.15. The number of methoxy groups -OCH3 is 1. The molecule has 0 aliphatic rings. The minimum absolute atomic E-state index is 0.00264. The van der Waals surface area contributed by atoms with Gasteiger partial charge in [0.1, 0.15) is 0 Å². The molecule has 0 saturated carbocycles. The van der Waals surface area contributed by atoms with Gasteiger partial charge in [0.2, 0.25) is 5.88 Å². The number of hydrogen-bond acceptors (Lipinski definition) is 3. The summed E-state index contributed by atoms with van der Waals surface area (Å²) in [6, 6.07) is 3.77. The van der Waals surface area contributed by atoms with Gasteiger partial charge in [-0.15, -0.1) is 0 Å². The summed E-state index contributed by atoms with van der Waals surface area (Å²) in [5, 5.41) is 9.18. The Morgan fingerprint density at radius 2 is 2.00 bits per heavy atom. The van der Waals surface area contributed by atoms with Crippen LogP contribution in [0.3, 0.4) is 0 Å². The van der Waals surface area contributed by atoms with Gasteiger partial charge in [0.25, 0.3) is 0 Å². The SMILES string of the molecule is COc1ccc(C(C)(C)C)c(CO)n1. The van der Waals surface area contributed by atoms with Crippen molar-refractivity contribution >= 4 is 0 Å². The lowest BCUT2D eigenvalue weighted by molar-refractivity contribution is 0.270. The van der Waals surface area contributed by atoms with Crippen molar-refractivity contribution in [3.8, 4) is 5.88 Å². The van der Waals surface area contributed by atoms with Gasteiger partial charge < -0.3 is 9.84 Å². The van der Waals surface area contributed by atoms with Crippen LogP contribution in [0.15, 0.2) is 12.1 Å². The Balaban J connectivity index is 3.18. The monoisotopic (exact) mass is 195 g/mol. The van der Waals surface area contributed by atoms with E-state index in [1.165, 1.54) is 0 Å². The van der Waals surface area contributed by atoms with E-state index in [1.807, 2.05) is 12.1 Å². The molecule has 1 heterocycles. The molecule has 0 fully saturated rings. The molecule has 0 aliphatic heterocycles. The number of pyridine rings is 1. The molecule has 0 atom stereocenters. The minimum Gasteiger partial charge on any atom is -0.481 e. The normalized spacial score (nSPS) is 11.5. The third-order valence-electron chi connectivity index (χ3n) is 2.12. The van der Waals surface area contributed by atoms with Gasteiger partial charge in [-0.25, -0.2) is 4.98 Å². The number of rotatable bonds is 2. The van der Waals surface area contributed by atoms with Gasteiger partial charge in [0.15, 0.2) is 0 Å². The van der Waals surface area contributed by atoms with E-state index in [0.29, 0.717) is 11.6 Å². The molecule has 3 nitrogen and oxygen atoms in total. The summed E-state index contributed by atoms with van der Waals surface area (Å²) in [5.41, 5.74) is 1.75. The topological polar surface area (TPSA) is 42.4 Å². The molecule has 0 aromatic carbocycles. The molecule has 1 rings (SSSR count). The van der Waals surface area contributed by atoms with Crippen molar-refractivity contribution in [3.05, 3.63) is 23.4 Å². The molecule has 0 saturated heterocycles. The van der Waals surface area contributed by atoms with Crippen LogP contribution in [0.5, 0.6) is 5.88 Å². The van der Waals surface area contributed by atoms with Gasteiger partial charge in [-0.05, 0) is 11.0 Å². The Bertz CT molecular complexity index is 316. The number of nitrogens with zero attached hydrogens (tertiary/aromatic N) is 1. The van der Waals surface area contributed by atoms with Crippen molar-refractivity contribution in [3.63, 3.8) is 0 Å². The molecule has 0 radical (unpaired) electrons. The third kappa shape index (κ3) is 2.23. The lowest BCUT2D eigenvalue weighted by Crippen LogP contribution is -2.15. The van der Waals surface area contributed by atoms with Crippen molar-refractivity contribution in [1.29, 1.82) is 0 Å². The fraction of sp³-hybridized carbons (Fsp3) is 0.545. The van der Waals surface area contributed by atoms with Crippen LogP contribution in [0, 0.1) is 0 Å². The van der Waals surface area contributed by atoms with Gasteiger partial charge >= 0.3 is 0 Å². The van der Waals surface area contributed by atoms with Gasteiger partial charge in [-0.2, -0.15) is 0 Å². The van der Waals surface area contributed by atoms with Crippen LogP contribution in [0.2, 0.25) is 0 Å². The zero-order valence-electron chi connectivity index (χ0n) is 9.16. The van der Waals surface area contributed by atoms with E-state index in [1.54, 1.807) is 7.11 Å². The standard InChI is InChI=1S/C11H17NO2/c1-11(2,3)8-5-6-10(14-4)12-9(8)7-13/h5-6,13H,7H2,1-4H3. The maximum Gasteiger partial charge on any atom is 0.213 e. The maximum absolute atomic E-state index is 9.18. The van der Waals surface area contributed by atoms with Crippen LogP contribution in [0.1, 0.15) is 32.0 Å². The van der Waals surface area contributed by atoms with Crippen molar-refractivity contribution in [2.45, 2.75) is 32.8 Å². The van der Waals surface area contributed by atoms with E-state index >= 15 is 0 Å². The molecule has 0 spiro atoms. The van der Waals surface area contributed by atoms with Crippen LogP contribution < -0.4 is 4.74 Å². The lowest BCUT2D eigenvalue weighted by atomic mass is 9.86. The Morgan fingerprint density at radius 3 is 2.43 bits per heavy atom. The molecule has 0 aliphatic carbocycles. The Morgan fingerprint density at radius 1 is 1.36 bits per heavy atom. The first-order valence-electron chi connectivity index (χ1n) is 4.64. The van der Waals surface area contributed by atoms with E-state index in [2.05, 4.69) is 25.8 Å². The first-order chi connectivity index (χ1) is 6.49. The molecular weight excluding hydrogens is 178 g/mol. The highest BCUT2D eigenvalue weighted by Crippen LogP contribution is 2.26. The highest BCUT2D eigenvalue weighted by Gasteiger charge is 2.18. The summed E-state index contributed by atoms with van der Waals surface area (Å²) in [6.45, 7) is 6.23. The van der Waals surface area contributed by atoms with Crippen LogP contribution >= 0.6 is 0 Å². The Hall–Kier alpha value is -1.09. The first kappa shape index (κ1) is 11.0. The molecular formula is C11H17NO2. The molecule has 14 heavy (non-hydrogen) atoms. The van der Waals surface area contributed by atoms with Gasteiger partial charge in [0.05, 0.1) is 19.4 Å². The second kappa shape index (κ2) is 3.96. The van der Waals surface area contributed by atoms with Crippen molar-refractivity contribution in [1.82, 2.24) is 4.98 Å². The van der Waals surface area contributed by atoms with Crippen molar-refractivity contribution in [2.24, 2.45) is 0 Å². The van der Waals surface area contributed by atoms with E-state index in [4.69, 9.17) is 4.74 Å². The Kier molecular flexibility index (Phi) is 3.11. The molecule has 0 bridgehead atoms. The summed E-state index contributed by atoms with van der Waals surface area (Å²) >= 11 is 0. The average molecular weight is 195 g/mol. The number of aliphatic hydroxyl groups is 1. The first-order valence-corrected chi connectivity index (χ1v) is 4.64. The van der Waals surface area contributed by atoms with Crippen LogP contribution in [0.25, 0.3) is 0 Å². The zero-order chi connectivity index (χ0) is 10.8. The summed E-state index contributed by atoms with van der Waals surface area (Å²) < 4.78 is 5.00. The summed E-state index contributed by atoms with van der Waals surface area (Å²) in [6.07, 6.45) is 0. The molecule has 1 N–H and O–H groups in total. The van der Waals surface area contributed by atoms with E-state index < -0.39 is 0 Å². The molecule has 3 heteroatoms. The smallest absolute Gasteiger partial charge is 0.213 e. The van der Waals surface area contributed by atoms with E-state index in [9.17, 15) is 5.11 Å². The fourth-order valence-corrected chi connectivity index (χ4v) is 1.40. The van der Waals surface area contributed by atoms with Gasteiger partial charge in [-0.3, -0.25) is 0 Å². The Labute approximate surface area is 84.7 Å². The molecule has 0 unspecified atom stereocenters. The predicted molar refractivity (Wildman–Crippen MR) is 55.4 cm³/mol. The molecule has 0 amide bonds. The van der Waals surface area contributed by atoms with Crippen molar-refractivity contribution < 1.29 is 9.84 Å². The molecule has 1 aromatic heterocycles. The summed E-state index contributed by atoms with van der Waals surface area (Å²) in [7, 11) is 1.57. The number of aliphatic hydroxyl groups excluding tert-OH is 1. The summed E-state index contributed by atoms with van der Waals surface area (Å²) in [5.74, 6) is 0.544.